The minimum absolute atomic E-state index is 0.112. The molecule has 0 aliphatic carbocycles. The van der Waals surface area contributed by atoms with Crippen LogP contribution in [0.5, 0.6) is 0 Å². The topological polar surface area (TPSA) is 77.2 Å². The lowest BCUT2D eigenvalue weighted by Crippen LogP contribution is -2.34. The quantitative estimate of drug-likeness (QED) is 0.489. The van der Waals surface area contributed by atoms with Crippen molar-refractivity contribution in [3.8, 4) is 0 Å². The van der Waals surface area contributed by atoms with Gasteiger partial charge in [-0.25, -0.2) is 0 Å². The number of rotatable bonds is 6. The van der Waals surface area contributed by atoms with Crippen LogP contribution in [0, 0.1) is 0 Å². The predicted molar refractivity (Wildman–Crippen MR) is 57.7 cm³/mol. The van der Waals surface area contributed by atoms with E-state index in [9.17, 15) is 4.79 Å². The molecule has 0 radical (unpaired) electrons. The second-order valence-electron chi connectivity index (χ2n) is 3.39. The van der Waals surface area contributed by atoms with E-state index >= 15 is 0 Å². The molecule has 1 unspecified atom stereocenters. The third-order valence-corrected chi connectivity index (χ3v) is 1.87. The zero-order valence-corrected chi connectivity index (χ0v) is 8.79. The van der Waals surface area contributed by atoms with E-state index in [4.69, 9.17) is 5.11 Å². The maximum absolute atomic E-state index is 11.4. The first-order valence-electron chi connectivity index (χ1n) is 5.00. The molecule has 5 heteroatoms. The molecule has 84 valence electrons. The fourth-order valence-corrected chi connectivity index (χ4v) is 1.14. The maximum Gasteiger partial charge on any atom is 0.267 e. The third kappa shape index (κ3) is 4.62. The molecule has 1 aromatic heterocycles. The van der Waals surface area contributed by atoms with Crippen LogP contribution < -0.4 is 10.6 Å². The first-order chi connectivity index (χ1) is 7.20. The number of carbonyl (C=O) groups excluding carboxylic acids is 1. The van der Waals surface area contributed by atoms with Crippen molar-refractivity contribution in [2.24, 2.45) is 0 Å². The zero-order chi connectivity index (χ0) is 11.1. The van der Waals surface area contributed by atoms with Crippen LogP contribution in [0.1, 0.15) is 17.4 Å². The number of aliphatic hydroxyl groups is 1. The molecule has 0 aliphatic rings. The first-order valence-corrected chi connectivity index (χ1v) is 5.00. The molecule has 0 saturated carbocycles. The Morgan fingerprint density at radius 3 is 3.00 bits per heavy atom. The Kier molecular flexibility index (Phi) is 4.86. The Morgan fingerprint density at radius 1 is 1.60 bits per heavy atom. The summed E-state index contributed by atoms with van der Waals surface area (Å²) in [6.45, 7) is 3.45. The van der Waals surface area contributed by atoms with Crippen LogP contribution in [0.3, 0.4) is 0 Å². The third-order valence-electron chi connectivity index (χ3n) is 1.87. The predicted octanol–water partition coefficient (Wildman–Crippen LogP) is -0.285. The number of aliphatic hydroxyl groups excluding tert-OH is 1. The molecule has 15 heavy (non-hydrogen) atoms. The summed E-state index contributed by atoms with van der Waals surface area (Å²) < 4.78 is 0. The van der Waals surface area contributed by atoms with Crippen molar-refractivity contribution >= 4 is 5.91 Å². The van der Waals surface area contributed by atoms with E-state index in [-0.39, 0.29) is 12.0 Å². The first kappa shape index (κ1) is 11.7. The van der Waals surface area contributed by atoms with Crippen molar-refractivity contribution in [1.29, 1.82) is 0 Å². The highest BCUT2D eigenvalue weighted by Crippen LogP contribution is 1.92. The van der Waals surface area contributed by atoms with Gasteiger partial charge in [-0.2, -0.15) is 0 Å². The lowest BCUT2D eigenvalue weighted by Gasteiger charge is -2.07. The fourth-order valence-electron chi connectivity index (χ4n) is 1.14. The largest absolute Gasteiger partial charge is 0.392 e. The van der Waals surface area contributed by atoms with Crippen molar-refractivity contribution in [3.63, 3.8) is 0 Å². The Balaban J connectivity index is 2.08. The second kappa shape index (κ2) is 6.21. The van der Waals surface area contributed by atoms with E-state index < -0.39 is 0 Å². The minimum atomic E-state index is -0.357. The van der Waals surface area contributed by atoms with Crippen LogP contribution in [0.15, 0.2) is 18.3 Å². The molecule has 4 N–H and O–H groups in total. The molecular weight excluding hydrogens is 194 g/mol. The Hall–Kier alpha value is -1.33. The van der Waals surface area contributed by atoms with Crippen LogP contribution in [-0.4, -0.2) is 41.7 Å². The van der Waals surface area contributed by atoms with Gasteiger partial charge in [0.15, 0.2) is 0 Å². The highest BCUT2D eigenvalue weighted by atomic mass is 16.3. The molecule has 1 heterocycles. The molecule has 0 aromatic carbocycles. The number of aromatic amines is 1. The van der Waals surface area contributed by atoms with E-state index in [1.807, 2.05) is 0 Å². The fraction of sp³-hybridized carbons (Fsp3) is 0.500. The lowest BCUT2D eigenvalue weighted by molar-refractivity contribution is 0.0949. The summed E-state index contributed by atoms with van der Waals surface area (Å²) in [4.78, 5) is 14.2. The summed E-state index contributed by atoms with van der Waals surface area (Å²) in [6, 6.07) is 3.50. The van der Waals surface area contributed by atoms with Gasteiger partial charge in [-0.05, 0) is 19.1 Å². The van der Waals surface area contributed by atoms with Gasteiger partial charge in [0.2, 0.25) is 0 Å². The Labute approximate surface area is 88.9 Å². The van der Waals surface area contributed by atoms with Crippen LogP contribution in [0.25, 0.3) is 0 Å². The average Bonchev–Trinajstić information content (AvgIpc) is 2.69. The highest BCUT2D eigenvalue weighted by Gasteiger charge is 2.03. The van der Waals surface area contributed by atoms with Crippen LogP contribution >= 0.6 is 0 Å². The van der Waals surface area contributed by atoms with E-state index in [1.54, 1.807) is 25.3 Å². The maximum atomic E-state index is 11.4. The molecule has 1 rings (SSSR count). The molecule has 1 atom stereocenters. The Bertz CT molecular complexity index is 283. The van der Waals surface area contributed by atoms with Gasteiger partial charge in [0, 0.05) is 25.8 Å². The van der Waals surface area contributed by atoms with E-state index in [0.29, 0.717) is 25.3 Å². The minimum Gasteiger partial charge on any atom is -0.392 e. The van der Waals surface area contributed by atoms with E-state index in [0.717, 1.165) is 0 Å². The lowest BCUT2D eigenvalue weighted by atomic mass is 10.4. The summed E-state index contributed by atoms with van der Waals surface area (Å²) in [6.07, 6.45) is 1.35. The summed E-state index contributed by atoms with van der Waals surface area (Å²) in [5.74, 6) is -0.112. The van der Waals surface area contributed by atoms with Crippen molar-refractivity contribution in [2.45, 2.75) is 13.0 Å². The summed E-state index contributed by atoms with van der Waals surface area (Å²) in [7, 11) is 0. The molecule has 1 aromatic rings. The summed E-state index contributed by atoms with van der Waals surface area (Å²) in [5, 5.41) is 14.7. The second-order valence-corrected chi connectivity index (χ2v) is 3.39. The number of aromatic nitrogens is 1. The Morgan fingerprint density at radius 2 is 2.40 bits per heavy atom. The van der Waals surface area contributed by atoms with Gasteiger partial charge in [-0.15, -0.1) is 0 Å². The van der Waals surface area contributed by atoms with Crippen molar-refractivity contribution in [2.75, 3.05) is 19.6 Å². The number of carbonyl (C=O) groups is 1. The molecule has 0 fully saturated rings. The number of hydrogen-bond acceptors (Lipinski definition) is 3. The van der Waals surface area contributed by atoms with E-state index in [2.05, 4.69) is 15.6 Å². The number of hydrogen-bond donors (Lipinski definition) is 4. The number of H-pyrrole nitrogens is 1. The van der Waals surface area contributed by atoms with Gasteiger partial charge in [-0.3, -0.25) is 4.79 Å². The van der Waals surface area contributed by atoms with Gasteiger partial charge in [0.05, 0.1) is 6.10 Å². The van der Waals surface area contributed by atoms with Gasteiger partial charge < -0.3 is 20.7 Å². The summed E-state index contributed by atoms with van der Waals surface area (Å²) >= 11 is 0. The van der Waals surface area contributed by atoms with Crippen LogP contribution in [-0.2, 0) is 0 Å². The number of amides is 1. The molecular formula is C10H17N3O2. The molecule has 5 nitrogen and oxygen atoms in total. The van der Waals surface area contributed by atoms with Crippen molar-refractivity contribution in [1.82, 2.24) is 15.6 Å². The van der Waals surface area contributed by atoms with Crippen LogP contribution in [0.4, 0.5) is 0 Å². The molecule has 0 spiro atoms. The van der Waals surface area contributed by atoms with Gasteiger partial charge in [0.25, 0.3) is 5.91 Å². The highest BCUT2D eigenvalue weighted by molar-refractivity contribution is 5.92. The molecule has 0 saturated heterocycles. The standard InChI is InChI=1S/C10H17N3O2/c1-8(14)7-11-5-6-13-10(15)9-3-2-4-12-9/h2-4,8,11-12,14H,5-7H2,1H3,(H,13,15). The molecule has 1 amide bonds. The average molecular weight is 211 g/mol. The molecule has 0 bridgehead atoms. The van der Waals surface area contributed by atoms with Crippen molar-refractivity contribution in [3.05, 3.63) is 24.0 Å². The van der Waals surface area contributed by atoms with Gasteiger partial charge >= 0.3 is 0 Å². The van der Waals surface area contributed by atoms with Crippen LogP contribution in [0.2, 0.25) is 0 Å². The SMILES string of the molecule is CC(O)CNCCNC(=O)c1ccc[nH]1. The normalized spacial score (nSPS) is 12.4. The number of nitrogens with one attached hydrogen (secondary N) is 3. The molecule has 0 aliphatic heterocycles. The smallest absolute Gasteiger partial charge is 0.267 e. The van der Waals surface area contributed by atoms with E-state index in [1.165, 1.54) is 0 Å². The van der Waals surface area contributed by atoms with Gasteiger partial charge in [0.1, 0.15) is 5.69 Å². The van der Waals surface area contributed by atoms with Crippen molar-refractivity contribution < 1.29 is 9.90 Å². The summed E-state index contributed by atoms with van der Waals surface area (Å²) in [5.41, 5.74) is 0.561. The monoisotopic (exact) mass is 211 g/mol. The van der Waals surface area contributed by atoms with Gasteiger partial charge in [-0.1, -0.05) is 0 Å². The zero-order valence-electron chi connectivity index (χ0n) is 8.79.